The van der Waals surface area contributed by atoms with Gasteiger partial charge in [-0.2, -0.15) is 0 Å². The molecule has 1 aliphatic heterocycles. The van der Waals surface area contributed by atoms with Crippen LogP contribution >= 0.6 is 0 Å². The van der Waals surface area contributed by atoms with Crippen molar-refractivity contribution < 1.29 is 20.1 Å². The highest BCUT2D eigenvalue weighted by Gasteiger charge is 2.53. The standard InChI is InChI=1S/C23H23FN2O3.H2/c1-22(2,3)20-9-13-8-14(4-5-17(13)26-20)25-21(27)23(6-7-23)15-10-18-19(11-16(15)24)29-12-28-18;/h4-5,8-11,26H,6-7,12H2,1-3H3,(H,25,27);1H. The molecule has 0 atom stereocenters. The normalized spacial score (nSPS) is 16.8. The Morgan fingerprint density at radius 2 is 1.86 bits per heavy atom. The van der Waals surface area contributed by atoms with E-state index in [0.717, 1.165) is 16.6 Å². The van der Waals surface area contributed by atoms with Gasteiger partial charge in [0.1, 0.15) is 5.82 Å². The summed E-state index contributed by atoms with van der Waals surface area (Å²) < 4.78 is 25.3. The van der Waals surface area contributed by atoms with Crippen LogP contribution in [0.15, 0.2) is 36.4 Å². The van der Waals surface area contributed by atoms with Gasteiger partial charge in [-0.3, -0.25) is 4.79 Å². The second-order valence-corrected chi connectivity index (χ2v) is 8.96. The molecule has 29 heavy (non-hydrogen) atoms. The number of aromatic nitrogens is 1. The van der Waals surface area contributed by atoms with E-state index in [0.29, 0.717) is 35.6 Å². The van der Waals surface area contributed by atoms with E-state index in [4.69, 9.17) is 9.47 Å². The van der Waals surface area contributed by atoms with Gasteiger partial charge >= 0.3 is 0 Å². The van der Waals surface area contributed by atoms with Crippen LogP contribution in [0.3, 0.4) is 0 Å². The van der Waals surface area contributed by atoms with Crippen LogP contribution in [0, 0.1) is 5.82 Å². The van der Waals surface area contributed by atoms with E-state index >= 15 is 0 Å². The molecule has 5 rings (SSSR count). The number of carbonyl (C=O) groups excluding carboxylic acids is 1. The number of anilines is 1. The van der Waals surface area contributed by atoms with E-state index in [9.17, 15) is 9.18 Å². The minimum absolute atomic E-state index is 0. The molecular weight excluding hydrogens is 371 g/mol. The van der Waals surface area contributed by atoms with E-state index < -0.39 is 11.2 Å². The van der Waals surface area contributed by atoms with Gasteiger partial charge in [-0.25, -0.2) is 4.39 Å². The Hall–Kier alpha value is -3.02. The fourth-order valence-electron chi connectivity index (χ4n) is 3.89. The molecule has 2 aromatic carbocycles. The van der Waals surface area contributed by atoms with Gasteiger partial charge in [-0.05, 0) is 43.2 Å². The molecule has 152 valence electrons. The van der Waals surface area contributed by atoms with Crippen molar-refractivity contribution in [2.24, 2.45) is 0 Å². The average Bonchev–Trinajstić information content (AvgIpc) is 3.14. The molecule has 0 spiro atoms. The molecule has 1 saturated carbocycles. The first-order chi connectivity index (χ1) is 13.8. The molecule has 0 saturated heterocycles. The third kappa shape index (κ3) is 2.94. The molecule has 1 amide bonds. The molecule has 1 fully saturated rings. The van der Waals surface area contributed by atoms with Gasteiger partial charge < -0.3 is 19.8 Å². The number of aromatic amines is 1. The highest BCUT2D eigenvalue weighted by atomic mass is 19.1. The summed E-state index contributed by atoms with van der Waals surface area (Å²) in [5.41, 5.74) is 2.39. The summed E-state index contributed by atoms with van der Waals surface area (Å²) in [6.45, 7) is 6.52. The highest BCUT2D eigenvalue weighted by Crippen LogP contribution is 2.52. The monoisotopic (exact) mass is 396 g/mol. The molecular formula is C23H25FN2O3. The Kier molecular flexibility index (Phi) is 3.72. The predicted molar refractivity (Wildman–Crippen MR) is 111 cm³/mol. The van der Waals surface area contributed by atoms with Crippen molar-refractivity contribution in [1.82, 2.24) is 4.98 Å². The summed E-state index contributed by atoms with van der Waals surface area (Å²) in [6, 6.07) is 10.8. The van der Waals surface area contributed by atoms with Gasteiger partial charge in [-0.15, -0.1) is 0 Å². The van der Waals surface area contributed by atoms with Gasteiger partial charge in [0.15, 0.2) is 11.5 Å². The molecule has 0 unspecified atom stereocenters. The number of benzene rings is 2. The Balaban J connectivity index is 0.00000218. The maximum atomic E-state index is 14.7. The lowest BCUT2D eigenvalue weighted by atomic mass is 9.92. The molecule has 2 N–H and O–H groups in total. The van der Waals surface area contributed by atoms with Crippen LogP contribution in [0.2, 0.25) is 0 Å². The van der Waals surface area contributed by atoms with Gasteiger partial charge in [0.05, 0.1) is 5.41 Å². The molecule has 0 radical (unpaired) electrons. The summed E-state index contributed by atoms with van der Waals surface area (Å²) in [5.74, 6) is 0.248. The van der Waals surface area contributed by atoms with Crippen molar-refractivity contribution in [2.75, 3.05) is 12.1 Å². The summed E-state index contributed by atoms with van der Waals surface area (Å²) in [6.07, 6.45) is 1.21. The molecule has 0 bridgehead atoms. The predicted octanol–water partition coefficient (Wildman–Crippen LogP) is 5.25. The molecule has 1 aromatic heterocycles. The van der Waals surface area contributed by atoms with E-state index in [-0.39, 0.29) is 19.5 Å². The molecule has 6 heteroatoms. The number of nitrogens with one attached hydrogen (secondary N) is 2. The van der Waals surface area contributed by atoms with E-state index in [1.165, 1.54) is 6.07 Å². The number of ether oxygens (including phenoxy) is 2. The zero-order valence-corrected chi connectivity index (χ0v) is 16.7. The minimum atomic E-state index is -0.852. The van der Waals surface area contributed by atoms with Crippen molar-refractivity contribution in [3.05, 3.63) is 53.5 Å². The quantitative estimate of drug-likeness (QED) is 0.636. The van der Waals surface area contributed by atoms with Crippen molar-refractivity contribution in [3.8, 4) is 11.5 Å². The molecule has 1 aliphatic carbocycles. The van der Waals surface area contributed by atoms with Gasteiger partial charge in [0, 0.05) is 40.8 Å². The number of hydrogen-bond donors (Lipinski definition) is 2. The number of fused-ring (bicyclic) bond motifs is 2. The van der Waals surface area contributed by atoms with Crippen LogP contribution in [-0.4, -0.2) is 17.7 Å². The topological polar surface area (TPSA) is 63.4 Å². The second kappa shape index (κ2) is 5.99. The third-order valence-corrected chi connectivity index (χ3v) is 5.85. The Labute approximate surface area is 169 Å². The average molecular weight is 396 g/mol. The summed E-state index contributed by atoms with van der Waals surface area (Å²) in [7, 11) is 0. The molecule has 5 nitrogen and oxygen atoms in total. The lowest BCUT2D eigenvalue weighted by molar-refractivity contribution is -0.118. The Morgan fingerprint density at radius 3 is 2.55 bits per heavy atom. The fourth-order valence-corrected chi connectivity index (χ4v) is 3.89. The first-order valence-corrected chi connectivity index (χ1v) is 9.81. The third-order valence-electron chi connectivity index (χ3n) is 5.85. The maximum absolute atomic E-state index is 14.7. The lowest BCUT2D eigenvalue weighted by Gasteiger charge is -2.17. The second-order valence-electron chi connectivity index (χ2n) is 8.96. The molecule has 2 aliphatic rings. The van der Waals surface area contributed by atoms with Gasteiger partial charge in [-0.1, -0.05) is 20.8 Å². The Bertz CT molecular complexity index is 1150. The summed E-state index contributed by atoms with van der Waals surface area (Å²) >= 11 is 0. The first-order valence-electron chi connectivity index (χ1n) is 9.81. The van der Waals surface area contributed by atoms with Gasteiger partial charge in [0.2, 0.25) is 12.7 Å². The van der Waals surface area contributed by atoms with Gasteiger partial charge in [0.25, 0.3) is 0 Å². The number of rotatable bonds is 3. The van der Waals surface area contributed by atoms with Crippen molar-refractivity contribution in [3.63, 3.8) is 0 Å². The van der Waals surface area contributed by atoms with Crippen LogP contribution in [0.4, 0.5) is 10.1 Å². The molecule has 3 aromatic rings. The highest BCUT2D eigenvalue weighted by molar-refractivity contribution is 6.02. The fraction of sp³-hybridized carbons (Fsp3) is 0.348. The Morgan fingerprint density at radius 1 is 1.14 bits per heavy atom. The van der Waals surface area contributed by atoms with Crippen LogP contribution < -0.4 is 14.8 Å². The number of amides is 1. The van der Waals surface area contributed by atoms with Crippen molar-refractivity contribution in [2.45, 2.75) is 44.4 Å². The summed E-state index contributed by atoms with van der Waals surface area (Å²) in [4.78, 5) is 16.5. The number of halogens is 1. The number of hydrogen-bond acceptors (Lipinski definition) is 3. The zero-order valence-electron chi connectivity index (χ0n) is 16.7. The minimum Gasteiger partial charge on any atom is -0.454 e. The van der Waals surface area contributed by atoms with Crippen molar-refractivity contribution >= 4 is 22.5 Å². The van der Waals surface area contributed by atoms with E-state index in [1.807, 2.05) is 18.2 Å². The molecule has 2 heterocycles. The number of H-pyrrole nitrogens is 1. The largest absolute Gasteiger partial charge is 0.454 e. The lowest BCUT2D eigenvalue weighted by Crippen LogP contribution is -2.28. The van der Waals surface area contributed by atoms with E-state index in [2.05, 4.69) is 37.1 Å². The number of carbonyl (C=O) groups is 1. The first kappa shape index (κ1) is 18.0. The van der Waals surface area contributed by atoms with Crippen molar-refractivity contribution in [1.29, 1.82) is 0 Å². The van der Waals surface area contributed by atoms with Crippen LogP contribution in [0.25, 0.3) is 10.9 Å². The van der Waals surface area contributed by atoms with E-state index in [1.54, 1.807) is 6.07 Å². The smallest absolute Gasteiger partial charge is 0.235 e. The zero-order chi connectivity index (χ0) is 20.4. The van der Waals surface area contributed by atoms with Crippen LogP contribution in [0.1, 0.15) is 46.3 Å². The van der Waals surface area contributed by atoms with Crippen LogP contribution in [0.5, 0.6) is 11.5 Å². The SMILES string of the molecule is CC(C)(C)c1cc2cc(NC(=O)C3(c4cc5c(cc4F)OCO5)CC3)ccc2[nH]1.[HH]. The summed E-state index contributed by atoms with van der Waals surface area (Å²) in [5, 5.41) is 4.02. The maximum Gasteiger partial charge on any atom is 0.235 e. The van der Waals surface area contributed by atoms with Crippen LogP contribution in [-0.2, 0) is 15.6 Å².